The van der Waals surface area contributed by atoms with E-state index in [0.29, 0.717) is 12.0 Å². The number of hydrogen-bond acceptors (Lipinski definition) is 6. The van der Waals surface area contributed by atoms with Crippen molar-refractivity contribution >= 4 is 29.3 Å². The minimum atomic E-state index is -0.956. The van der Waals surface area contributed by atoms with Crippen LogP contribution in [0.3, 0.4) is 0 Å². The zero-order valence-electron chi connectivity index (χ0n) is 15.9. The molecule has 7 heteroatoms. The largest absolute Gasteiger partial charge is 0.465 e. The second-order valence-corrected chi connectivity index (χ2v) is 6.71. The van der Waals surface area contributed by atoms with Gasteiger partial charge in [-0.1, -0.05) is 30.3 Å². The van der Waals surface area contributed by atoms with E-state index in [1.807, 2.05) is 0 Å². The summed E-state index contributed by atoms with van der Waals surface area (Å²) in [6.07, 6.45) is 0.0829. The van der Waals surface area contributed by atoms with Gasteiger partial charge in [-0.2, -0.15) is 0 Å². The van der Waals surface area contributed by atoms with Crippen LogP contribution in [0, 0.1) is 5.92 Å². The van der Waals surface area contributed by atoms with Crippen molar-refractivity contribution in [1.29, 1.82) is 0 Å². The van der Waals surface area contributed by atoms with Crippen LogP contribution in [0.4, 0.5) is 5.69 Å². The molecule has 0 radical (unpaired) electrons. The molecule has 0 heterocycles. The molecule has 29 heavy (non-hydrogen) atoms. The molecule has 1 aliphatic rings. The molecule has 0 aromatic heterocycles. The summed E-state index contributed by atoms with van der Waals surface area (Å²) in [5.74, 6) is -2.79. The molecule has 1 amide bonds. The third-order valence-corrected chi connectivity index (χ3v) is 4.79. The molecule has 1 saturated carbocycles. The number of nitrogens with one attached hydrogen (secondary N) is 1. The number of para-hydroxylation sites is 1. The Hall–Kier alpha value is -3.48. The normalized spacial score (nSPS) is 18.6. The number of Topliss-reactive ketones (excluding diaryl/α,β-unsaturated/α-hetero) is 1. The third-order valence-electron chi connectivity index (χ3n) is 4.79. The number of carbonyl (C=O) groups is 4. The molecule has 0 aliphatic heterocycles. The van der Waals surface area contributed by atoms with E-state index in [1.54, 1.807) is 48.5 Å². The first-order valence-electron chi connectivity index (χ1n) is 9.26. The lowest BCUT2D eigenvalue weighted by Crippen LogP contribution is -2.38. The van der Waals surface area contributed by atoms with Crippen molar-refractivity contribution in [1.82, 2.24) is 0 Å². The minimum Gasteiger partial charge on any atom is -0.465 e. The van der Waals surface area contributed by atoms with Crippen LogP contribution >= 0.6 is 0 Å². The van der Waals surface area contributed by atoms with Gasteiger partial charge in [-0.05, 0) is 30.7 Å². The number of hydrogen-bond donors (Lipinski definition) is 1. The first kappa shape index (κ1) is 20.3. The molecule has 1 aliphatic carbocycles. The summed E-state index contributed by atoms with van der Waals surface area (Å²) in [4.78, 5) is 49.1. The van der Waals surface area contributed by atoms with E-state index < -0.39 is 29.9 Å². The van der Waals surface area contributed by atoms with E-state index in [9.17, 15) is 19.2 Å². The molecule has 2 aromatic carbocycles. The third kappa shape index (κ3) is 4.87. The number of esters is 2. The molecule has 2 atom stereocenters. The molecule has 2 aromatic rings. The quantitative estimate of drug-likeness (QED) is 0.617. The number of ether oxygens (including phenoxy) is 2. The topological polar surface area (TPSA) is 98.8 Å². The van der Waals surface area contributed by atoms with Gasteiger partial charge in [0.15, 0.2) is 0 Å². The van der Waals surface area contributed by atoms with Gasteiger partial charge in [-0.25, -0.2) is 9.59 Å². The first-order chi connectivity index (χ1) is 14.0. The standard InChI is InChI=1S/C22H21NO6/c1-28-22(27)16-9-5-6-10-18(16)23-20(25)17-13-15(11-12-19(17)24)29-21(26)14-7-3-2-4-8-14/h2-10,15,17H,11-13H2,1H3,(H,23,25)/t15-,17+/m1/s1. The highest BCUT2D eigenvalue weighted by atomic mass is 16.5. The Morgan fingerprint density at radius 3 is 2.38 bits per heavy atom. The number of amides is 1. The van der Waals surface area contributed by atoms with Crippen LogP contribution in [0.5, 0.6) is 0 Å². The van der Waals surface area contributed by atoms with Crippen LogP contribution in [0.2, 0.25) is 0 Å². The minimum absolute atomic E-state index is 0.101. The van der Waals surface area contributed by atoms with Crippen molar-refractivity contribution in [3.05, 3.63) is 65.7 Å². The smallest absolute Gasteiger partial charge is 0.339 e. The summed E-state index contributed by atoms with van der Waals surface area (Å²) in [5.41, 5.74) is 0.872. The van der Waals surface area contributed by atoms with Crippen LogP contribution in [0.15, 0.2) is 54.6 Å². The molecule has 0 bridgehead atoms. The fourth-order valence-electron chi connectivity index (χ4n) is 3.24. The highest BCUT2D eigenvalue weighted by molar-refractivity contribution is 6.09. The number of carbonyl (C=O) groups excluding carboxylic acids is 4. The second kappa shape index (κ2) is 9.14. The maximum atomic E-state index is 12.7. The van der Waals surface area contributed by atoms with Gasteiger partial charge in [0.1, 0.15) is 17.8 Å². The predicted octanol–water partition coefficient (Wildman–Crippen LogP) is 3.01. The van der Waals surface area contributed by atoms with E-state index in [4.69, 9.17) is 9.47 Å². The highest BCUT2D eigenvalue weighted by Crippen LogP contribution is 2.27. The number of ketones is 1. The van der Waals surface area contributed by atoms with Gasteiger partial charge in [0.25, 0.3) is 0 Å². The fourth-order valence-corrected chi connectivity index (χ4v) is 3.24. The number of benzene rings is 2. The summed E-state index contributed by atoms with van der Waals surface area (Å²) in [7, 11) is 1.25. The van der Waals surface area contributed by atoms with Crippen LogP contribution in [-0.4, -0.2) is 36.8 Å². The first-order valence-corrected chi connectivity index (χ1v) is 9.26. The van der Waals surface area contributed by atoms with Gasteiger partial charge >= 0.3 is 11.9 Å². The molecular weight excluding hydrogens is 374 g/mol. The van der Waals surface area contributed by atoms with Gasteiger partial charge in [-0.15, -0.1) is 0 Å². The summed E-state index contributed by atoms with van der Waals surface area (Å²) in [6.45, 7) is 0. The lowest BCUT2D eigenvalue weighted by Gasteiger charge is -2.27. The highest BCUT2D eigenvalue weighted by Gasteiger charge is 2.36. The maximum absolute atomic E-state index is 12.7. The van der Waals surface area contributed by atoms with E-state index in [-0.39, 0.29) is 29.9 Å². The van der Waals surface area contributed by atoms with E-state index in [2.05, 4.69) is 5.32 Å². The van der Waals surface area contributed by atoms with Crippen molar-refractivity contribution < 1.29 is 28.7 Å². The summed E-state index contributed by atoms with van der Waals surface area (Å²) < 4.78 is 10.2. The maximum Gasteiger partial charge on any atom is 0.339 e. The SMILES string of the molecule is COC(=O)c1ccccc1NC(=O)[C@H]1C[C@H](OC(=O)c2ccccc2)CCC1=O. The van der Waals surface area contributed by atoms with Gasteiger partial charge in [0, 0.05) is 12.8 Å². The predicted molar refractivity (Wildman–Crippen MR) is 104 cm³/mol. The Kier molecular flexibility index (Phi) is 6.39. The van der Waals surface area contributed by atoms with Gasteiger partial charge in [0.05, 0.1) is 23.9 Å². The Morgan fingerprint density at radius 2 is 1.66 bits per heavy atom. The van der Waals surface area contributed by atoms with Gasteiger partial charge in [0.2, 0.25) is 5.91 Å². The molecule has 1 fully saturated rings. The van der Waals surface area contributed by atoms with E-state index in [1.165, 1.54) is 13.2 Å². The Labute approximate surface area is 168 Å². The molecule has 0 spiro atoms. The second-order valence-electron chi connectivity index (χ2n) is 6.71. The molecule has 0 saturated heterocycles. The molecule has 150 valence electrons. The molecule has 7 nitrogen and oxygen atoms in total. The molecule has 1 N–H and O–H groups in total. The molecular formula is C22H21NO6. The zero-order valence-corrected chi connectivity index (χ0v) is 15.9. The van der Waals surface area contributed by atoms with Crippen molar-refractivity contribution in [3.63, 3.8) is 0 Å². The van der Waals surface area contributed by atoms with Crippen molar-refractivity contribution in [2.75, 3.05) is 12.4 Å². The average Bonchev–Trinajstić information content (AvgIpc) is 2.75. The lowest BCUT2D eigenvalue weighted by atomic mass is 9.85. The summed E-state index contributed by atoms with van der Waals surface area (Å²) in [5, 5.41) is 2.63. The van der Waals surface area contributed by atoms with Crippen LogP contribution < -0.4 is 5.32 Å². The summed E-state index contributed by atoms with van der Waals surface area (Å²) in [6, 6.07) is 14.9. The zero-order chi connectivity index (χ0) is 20.8. The van der Waals surface area contributed by atoms with Crippen LogP contribution in [0.25, 0.3) is 0 Å². The lowest BCUT2D eigenvalue weighted by molar-refractivity contribution is -0.135. The molecule has 0 unspecified atom stereocenters. The molecule has 3 rings (SSSR count). The average molecular weight is 395 g/mol. The number of anilines is 1. The van der Waals surface area contributed by atoms with Gasteiger partial charge < -0.3 is 14.8 Å². The monoisotopic (exact) mass is 395 g/mol. The summed E-state index contributed by atoms with van der Waals surface area (Å²) >= 11 is 0. The van der Waals surface area contributed by atoms with E-state index >= 15 is 0 Å². The van der Waals surface area contributed by atoms with Crippen molar-refractivity contribution in [2.45, 2.75) is 25.4 Å². The van der Waals surface area contributed by atoms with Gasteiger partial charge in [-0.3, -0.25) is 9.59 Å². The van der Waals surface area contributed by atoms with Crippen molar-refractivity contribution in [3.8, 4) is 0 Å². The number of methoxy groups -OCH3 is 1. The Morgan fingerprint density at radius 1 is 0.966 bits per heavy atom. The Bertz CT molecular complexity index is 924. The fraction of sp³-hybridized carbons (Fsp3) is 0.273. The van der Waals surface area contributed by atoms with Crippen LogP contribution in [-0.2, 0) is 19.1 Å². The number of rotatable bonds is 5. The Balaban J connectivity index is 1.68. The van der Waals surface area contributed by atoms with E-state index in [0.717, 1.165) is 0 Å². The van der Waals surface area contributed by atoms with Crippen molar-refractivity contribution in [2.24, 2.45) is 5.92 Å². The van der Waals surface area contributed by atoms with Crippen LogP contribution in [0.1, 0.15) is 40.0 Å².